The summed E-state index contributed by atoms with van der Waals surface area (Å²) in [4.78, 5) is 9.97. The van der Waals surface area contributed by atoms with Gasteiger partial charge in [-0.15, -0.1) is 0 Å². The molecule has 2 aromatic heterocycles. The Kier molecular flexibility index (Phi) is 5.49. The second-order valence-electron chi connectivity index (χ2n) is 9.17. The highest BCUT2D eigenvalue weighted by Crippen LogP contribution is 2.42. The van der Waals surface area contributed by atoms with E-state index in [0.717, 1.165) is 61.1 Å². The highest BCUT2D eigenvalue weighted by molar-refractivity contribution is 6.30. The Morgan fingerprint density at radius 1 is 0.526 bits per heavy atom. The molecule has 0 N–H and O–H groups in total. The molecule has 0 fully saturated rings. The van der Waals surface area contributed by atoms with Crippen LogP contribution >= 0.6 is 11.6 Å². The molecular weight excluding hydrogens is 488 g/mol. The first-order chi connectivity index (χ1) is 18.7. The van der Waals surface area contributed by atoms with Crippen LogP contribution in [0.2, 0.25) is 5.02 Å². The Morgan fingerprint density at radius 3 is 1.97 bits per heavy atom. The smallest absolute Gasteiger partial charge is 0.160 e. The molecule has 3 nitrogen and oxygen atoms in total. The largest absolute Gasteiger partial charge is 0.455 e. The summed E-state index contributed by atoms with van der Waals surface area (Å²) in [5, 5.41) is 2.82. The van der Waals surface area contributed by atoms with E-state index < -0.39 is 0 Å². The van der Waals surface area contributed by atoms with Crippen LogP contribution in [0.3, 0.4) is 0 Å². The van der Waals surface area contributed by atoms with Crippen molar-refractivity contribution < 1.29 is 4.42 Å². The predicted octanol–water partition coefficient (Wildman–Crippen LogP) is 9.70. The standard InChI is InChI=1S/C34H21ClN2O/c35-25-15-9-14-24(20-25)29-21-30(37-34(36-29)23-12-5-2-6-13-23)27-19-18-26(22-10-3-1-4-11-22)32-28-16-7-8-17-31(28)38-33(27)32/h1-21H. The third-order valence-corrected chi connectivity index (χ3v) is 7.00. The van der Waals surface area contributed by atoms with E-state index in [-0.39, 0.29) is 0 Å². The molecule has 4 heteroatoms. The van der Waals surface area contributed by atoms with E-state index in [1.54, 1.807) is 0 Å². The summed E-state index contributed by atoms with van der Waals surface area (Å²) in [5.41, 5.74) is 8.30. The Morgan fingerprint density at radius 2 is 1.18 bits per heavy atom. The number of furan rings is 1. The predicted molar refractivity (Wildman–Crippen MR) is 156 cm³/mol. The van der Waals surface area contributed by atoms with Crippen LogP contribution in [0.15, 0.2) is 132 Å². The van der Waals surface area contributed by atoms with Gasteiger partial charge in [-0.25, -0.2) is 9.97 Å². The van der Waals surface area contributed by atoms with Crippen molar-refractivity contribution in [2.75, 3.05) is 0 Å². The second-order valence-corrected chi connectivity index (χ2v) is 9.60. The molecule has 0 radical (unpaired) electrons. The zero-order valence-electron chi connectivity index (χ0n) is 20.3. The van der Waals surface area contributed by atoms with Gasteiger partial charge in [-0.05, 0) is 41.5 Å². The Hall–Kier alpha value is -4.73. The lowest BCUT2D eigenvalue weighted by Gasteiger charge is -2.11. The summed E-state index contributed by atoms with van der Waals surface area (Å²) >= 11 is 6.35. The van der Waals surface area contributed by atoms with E-state index in [9.17, 15) is 0 Å². The monoisotopic (exact) mass is 508 g/mol. The van der Waals surface area contributed by atoms with Crippen molar-refractivity contribution in [1.29, 1.82) is 0 Å². The molecule has 180 valence electrons. The first-order valence-corrected chi connectivity index (χ1v) is 12.8. The quantitative estimate of drug-likeness (QED) is 0.237. The van der Waals surface area contributed by atoms with Crippen molar-refractivity contribution in [3.05, 3.63) is 132 Å². The average molecular weight is 509 g/mol. The molecule has 0 atom stereocenters. The normalized spacial score (nSPS) is 11.3. The van der Waals surface area contributed by atoms with Crippen molar-refractivity contribution in [2.24, 2.45) is 0 Å². The van der Waals surface area contributed by atoms with Crippen molar-refractivity contribution in [1.82, 2.24) is 9.97 Å². The Balaban J connectivity index is 1.53. The van der Waals surface area contributed by atoms with Gasteiger partial charge in [-0.1, -0.05) is 109 Å². The van der Waals surface area contributed by atoms with Gasteiger partial charge in [0.2, 0.25) is 0 Å². The lowest BCUT2D eigenvalue weighted by Crippen LogP contribution is -1.96. The van der Waals surface area contributed by atoms with E-state index in [1.807, 2.05) is 84.9 Å². The minimum atomic E-state index is 0.648. The number of benzene rings is 5. The highest BCUT2D eigenvalue weighted by atomic mass is 35.5. The first-order valence-electron chi connectivity index (χ1n) is 12.4. The van der Waals surface area contributed by atoms with Crippen LogP contribution in [0.25, 0.3) is 67.0 Å². The van der Waals surface area contributed by atoms with Crippen LogP contribution in [0, 0.1) is 0 Å². The first kappa shape index (κ1) is 22.5. The van der Waals surface area contributed by atoms with Gasteiger partial charge in [0, 0.05) is 32.5 Å². The summed E-state index contributed by atoms with van der Waals surface area (Å²) in [5.74, 6) is 0.648. The van der Waals surface area contributed by atoms with Gasteiger partial charge >= 0.3 is 0 Å². The van der Waals surface area contributed by atoms with Gasteiger partial charge in [0.1, 0.15) is 11.2 Å². The molecule has 7 rings (SSSR count). The van der Waals surface area contributed by atoms with Crippen molar-refractivity contribution in [2.45, 2.75) is 0 Å². The molecule has 0 saturated carbocycles. The summed E-state index contributed by atoms with van der Waals surface area (Å²) in [6.07, 6.45) is 0. The lowest BCUT2D eigenvalue weighted by atomic mass is 9.96. The summed E-state index contributed by atoms with van der Waals surface area (Å²) in [7, 11) is 0. The molecule has 0 unspecified atom stereocenters. The molecule has 7 aromatic rings. The van der Waals surface area contributed by atoms with E-state index >= 15 is 0 Å². The average Bonchev–Trinajstić information content (AvgIpc) is 3.37. The zero-order chi connectivity index (χ0) is 25.5. The molecule has 0 aliphatic rings. The molecule has 0 aliphatic carbocycles. The minimum Gasteiger partial charge on any atom is -0.455 e. The van der Waals surface area contributed by atoms with Gasteiger partial charge in [0.05, 0.1) is 11.4 Å². The molecule has 0 bridgehead atoms. The highest BCUT2D eigenvalue weighted by Gasteiger charge is 2.19. The number of rotatable bonds is 4. The minimum absolute atomic E-state index is 0.648. The van der Waals surface area contributed by atoms with Gasteiger partial charge in [0.25, 0.3) is 0 Å². The number of aromatic nitrogens is 2. The molecule has 0 spiro atoms. The Bertz CT molecular complexity index is 1930. The third-order valence-electron chi connectivity index (χ3n) is 6.77. The second kappa shape index (κ2) is 9.29. The van der Waals surface area contributed by atoms with Crippen molar-refractivity contribution >= 4 is 33.5 Å². The van der Waals surface area contributed by atoms with Crippen molar-refractivity contribution in [3.63, 3.8) is 0 Å². The number of para-hydroxylation sites is 1. The summed E-state index contributed by atoms with van der Waals surface area (Å²) in [6.45, 7) is 0. The third kappa shape index (κ3) is 3.94. The molecule has 0 saturated heterocycles. The maximum absolute atomic E-state index is 6.53. The SMILES string of the molecule is Clc1cccc(-c2cc(-c3ccc(-c4ccccc4)c4c3oc3ccccc34)nc(-c3ccccc3)n2)c1. The number of nitrogens with zero attached hydrogens (tertiary/aromatic N) is 2. The molecule has 38 heavy (non-hydrogen) atoms. The number of halogens is 1. The molecule has 0 amide bonds. The summed E-state index contributed by atoms with van der Waals surface area (Å²) < 4.78 is 6.53. The van der Waals surface area contributed by atoms with Crippen LogP contribution in [0.5, 0.6) is 0 Å². The maximum atomic E-state index is 6.53. The fourth-order valence-electron chi connectivity index (χ4n) is 4.99. The van der Waals surface area contributed by atoms with Crippen LogP contribution in [-0.4, -0.2) is 9.97 Å². The van der Waals surface area contributed by atoms with Crippen LogP contribution in [-0.2, 0) is 0 Å². The maximum Gasteiger partial charge on any atom is 0.160 e. The van der Waals surface area contributed by atoms with E-state index in [0.29, 0.717) is 10.8 Å². The number of hydrogen-bond donors (Lipinski definition) is 0. The van der Waals surface area contributed by atoms with Gasteiger partial charge < -0.3 is 4.42 Å². The van der Waals surface area contributed by atoms with Gasteiger partial charge in [-0.3, -0.25) is 0 Å². The van der Waals surface area contributed by atoms with E-state index in [4.69, 9.17) is 26.0 Å². The molecular formula is C34H21ClN2O. The van der Waals surface area contributed by atoms with Crippen LogP contribution in [0.4, 0.5) is 0 Å². The van der Waals surface area contributed by atoms with Crippen molar-refractivity contribution in [3.8, 4) is 45.0 Å². The van der Waals surface area contributed by atoms with Crippen LogP contribution < -0.4 is 0 Å². The van der Waals surface area contributed by atoms with Gasteiger partial charge in [0.15, 0.2) is 5.82 Å². The molecule has 5 aromatic carbocycles. The number of hydrogen-bond acceptors (Lipinski definition) is 3. The molecule has 0 aliphatic heterocycles. The topological polar surface area (TPSA) is 38.9 Å². The van der Waals surface area contributed by atoms with E-state index in [1.165, 1.54) is 0 Å². The van der Waals surface area contributed by atoms with E-state index in [2.05, 4.69) is 42.5 Å². The van der Waals surface area contributed by atoms with Gasteiger partial charge in [-0.2, -0.15) is 0 Å². The fourth-order valence-corrected chi connectivity index (χ4v) is 5.18. The zero-order valence-corrected chi connectivity index (χ0v) is 21.1. The lowest BCUT2D eigenvalue weighted by molar-refractivity contribution is 0.670. The van der Waals surface area contributed by atoms with Crippen LogP contribution in [0.1, 0.15) is 0 Å². The molecule has 2 heterocycles. The number of fused-ring (bicyclic) bond motifs is 3. The fraction of sp³-hybridized carbons (Fsp3) is 0. The summed E-state index contributed by atoms with van der Waals surface area (Å²) in [6, 6.07) is 42.7. The Labute approximate surface area is 225 Å².